The third-order valence-corrected chi connectivity index (χ3v) is 12.1. The van der Waals surface area contributed by atoms with Crippen molar-refractivity contribution < 1.29 is 38.8 Å². The van der Waals surface area contributed by atoms with Crippen LogP contribution in [0, 0.1) is 0 Å². The van der Waals surface area contributed by atoms with Crippen LogP contribution in [0.3, 0.4) is 0 Å². The first-order valence-electron chi connectivity index (χ1n) is 14.9. The minimum atomic E-state index is -2.44. The van der Waals surface area contributed by atoms with Crippen molar-refractivity contribution in [1.29, 1.82) is 0 Å². The van der Waals surface area contributed by atoms with E-state index in [1.165, 1.54) is 12.1 Å². The number of carboxylic acids is 1. The lowest BCUT2D eigenvalue weighted by Crippen LogP contribution is -2.45. The summed E-state index contributed by atoms with van der Waals surface area (Å²) in [4.78, 5) is 27.1. The number of hydrogen-bond acceptors (Lipinski definition) is 8. The van der Waals surface area contributed by atoms with Crippen molar-refractivity contribution in [2.24, 2.45) is 0 Å². The topological polar surface area (TPSA) is 138 Å². The van der Waals surface area contributed by atoms with Crippen molar-refractivity contribution in [1.82, 2.24) is 4.90 Å². The first kappa shape index (κ1) is 34.9. The number of phenols is 1. The Morgan fingerprint density at radius 1 is 1.07 bits per heavy atom. The average Bonchev–Trinajstić information content (AvgIpc) is 2.87. The Morgan fingerprint density at radius 2 is 1.73 bits per heavy atom. The Labute approximate surface area is 261 Å². The van der Waals surface area contributed by atoms with E-state index in [0.717, 1.165) is 5.56 Å². The average molecular weight is 629 g/mol. The van der Waals surface area contributed by atoms with E-state index in [1.54, 1.807) is 56.0 Å². The molecule has 0 fully saturated rings. The van der Waals surface area contributed by atoms with Crippen LogP contribution in [0.15, 0.2) is 36.4 Å². The second-order valence-corrected chi connectivity index (χ2v) is 18.7. The molecule has 2 aromatic carbocycles. The quantitative estimate of drug-likeness (QED) is 0.160. The number of aliphatic hydroxyl groups is 1. The van der Waals surface area contributed by atoms with Gasteiger partial charge >= 0.3 is 12.1 Å². The molecule has 10 nitrogen and oxygen atoms in total. The van der Waals surface area contributed by atoms with Gasteiger partial charge in [0.2, 0.25) is 0 Å². The van der Waals surface area contributed by atoms with Crippen LogP contribution in [0.4, 0.5) is 10.5 Å². The van der Waals surface area contributed by atoms with E-state index < -0.39 is 38.3 Å². The number of aliphatic hydroxyl groups excluding tert-OH is 1. The highest BCUT2D eigenvalue weighted by atomic mass is 28.4. The summed E-state index contributed by atoms with van der Waals surface area (Å²) in [5.74, 6) is -0.740. The van der Waals surface area contributed by atoms with Crippen LogP contribution in [-0.2, 0) is 15.7 Å². The van der Waals surface area contributed by atoms with Gasteiger partial charge in [-0.25, -0.2) is 9.59 Å². The maximum Gasteiger partial charge on any atom is 0.410 e. The summed E-state index contributed by atoms with van der Waals surface area (Å²) >= 11 is 0. The molecule has 0 bridgehead atoms. The number of hydrogen-bond donors (Lipinski definition) is 4. The Hall–Kier alpha value is -3.54. The Bertz CT molecular complexity index is 1390. The predicted molar refractivity (Wildman–Crippen MR) is 174 cm³/mol. The smallest absolute Gasteiger partial charge is 0.410 e. The van der Waals surface area contributed by atoms with Gasteiger partial charge in [-0.1, -0.05) is 39.0 Å². The van der Waals surface area contributed by atoms with Crippen molar-refractivity contribution in [3.05, 3.63) is 58.7 Å². The first-order valence-corrected chi connectivity index (χ1v) is 17.8. The van der Waals surface area contributed by atoms with Crippen molar-refractivity contribution in [3.8, 4) is 11.5 Å². The van der Waals surface area contributed by atoms with Crippen LogP contribution < -0.4 is 10.1 Å². The lowest BCUT2D eigenvalue weighted by molar-refractivity contribution is 0.0134. The summed E-state index contributed by atoms with van der Waals surface area (Å²) in [7, 11) is -2.44. The number of phenolic OH excluding ortho intramolecular Hbond substituents is 1. The summed E-state index contributed by atoms with van der Waals surface area (Å²) in [6, 6.07) is 7.93. The van der Waals surface area contributed by atoms with E-state index in [9.17, 15) is 24.9 Å². The number of rotatable bonds is 10. The Balaban J connectivity index is 2.16. The minimum absolute atomic E-state index is 0.0174. The molecular weight excluding hydrogens is 580 g/mol. The lowest BCUT2D eigenvalue weighted by atomic mass is 9.96. The van der Waals surface area contributed by atoms with Crippen LogP contribution in [-0.4, -0.2) is 65.1 Å². The number of amides is 1. The number of carboxylic acid groups (broad SMARTS) is 1. The van der Waals surface area contributed by atoms with Gasteiger partial charge in [-0.3, -0.25) is 0 Å². The fourth-order valence-corrected chi connectivity index (χ4v) is 5.74. The number of carbonyl (C=O) groups is 2. The molecule has 0 aromatic heterocycles. The zero-order chi connectivity index (χ0) is 33.2. The van der Waals surface area contributed by atoms with Crippen molar-refractivity contribution in [3.63, 3.8) is 0 Å². The van der Waals surface area contributed by atoms with Gasteiger partial charge in [0.05, 0.1) is 36.5 Å². The van der Waals surface area contributed by atoms with Crippen LogP contribution in [0.2, 0.25) is 18.1 Å². The van der Waals surface area contributed by atoms with Crippen LogP contribution in [0.1, 0.15) is 88.5 Å². The fourth-order valence-electron chi connectivity index (χ4n) is 4.47. The largest absolute Gasteiger partial charge is 0.506 e. The zero-order valence-corrected chi connectivity index (χ0v) is 28.5. The number of nitrogens with one attached hydrogen (secondary N) is 1. The maximum absolute atomic E-state index is 13.8. The van der Waals surface area contributed by atoms with E-state index in [1.807, 2.05) is 13.8 Å². The third kappa shape index (κ3) is 8.77. The number of benzene rings is 2. The molecule has 0 radical (unpaired) electrons. The van der Waals surface area contributed by atoms with Crippen molar-refractivity contribution in [2.45, 2.75) is 104 Å². The number of aromatic hydroxyl groups is 1. The molecule has 0 saturated heterocycles. The molecule has 3 rings (SSSR count). The number of nitrogens with zero attached hydrogens (tertiary/aromatic N) is 1. The van der Waals surface area contributed by atoms with Gasteiger partial charge in [0.1, 0.15) is 23.3 Å². The van der Waals surface area contributed by atoms with E-state index in [-0.39, 0.29) is 35.5 Å². The molecular formula is C33H48N2O8Si. The lowest BCUT2D eigenvalue weighted by Gasteiger charge is -2.41. The molecule has 2 aromatic rings. The molecule has 0 spiro atoms. The van der Waals surface area contributed by atoms with Gasteiger partial charge in [-0.05, 0) is 82.6 Å². The van der Waals surface area contributed by atoms with Gasteiger partial charge in [-0.15, -0.1) is 0 Å². The summed E-state index contributed by atoms with van der Waals surface area (Å²) < 4.78 is 18.8. The van der Waals surface area contributed by atoms with Crippen LogP contribution in [0.25, 0.3) is 6.08 Å². The molecule has 0 aliphatic carbocycles. The van der Waals surface area contributed by atoms with E-state index in [0.29, 0.717) is 22.6 Å². The monoisotopic (exact) mass is 628 g/mol. The molecule has 1 aliphatic heterocycles. The van der Waals surface area contributed by atoms with E-state index in [4.69, 9.17) is 13.9 Å². The molecule has 242 valence electrons. The fraction of sp³-hybridized carbons (Fsp3) is 0.515. The van der Waals surface area contributed by atoms with Gasteiger partial charge in [0.25, 0.3) is 0 Å². The Morgan fingerprint density at radius 3 is 2.30 bits per heavy atom. The predicted octanol–water partition coefficient (Wildman–Crippen LogP) is 7.13. The highest BCUT2D eigenvalue weighted by Crippen LogP contribution is 2.43. The van der Waals surface area contributed by atoms with Gasteiger partial charge in [0.15, 0.2) is 8.32 Å². The SMILES string of the molecule is CC(C)Oc1cc(C(=O)O)ccc1CN(C[C@H](O[Si](C)(C)C(C)(C)C)c1ccc(O)c2c1C=CC(O)N2)C(=O)OC(C)(C)C. The number of aromatic carboxylic acids is 1. The van der Waals surface area contributed by atoms with Crippen LogP contribution in [0.5, 0.6) is 11.5 Å². The Kier molecular flexibility index (Phi) is 10.5. The molecule has 2 atom stereocenters. The van der Waals surface area contributed by atoms with Gasteiger partial charge in [-0.2, -0.15) is 0 Å². The molecule has 4 N–H and O–H groups in total. The number of carbonyl (C=O) groups excluding carboxylic acids is 1. The maximum atomic E-state index is 13.8. The standard InChI is InChI=1S/C33H48N2O8Si/c1-20(2)41-26-17-21(30(38)39)11-12-22(26)18-35(31(40)42-32(3,4)5)19-27(43-44(9,10)33(6,7)8)23-13-15-25(36)29-24(23)14-16-28(37)34-29/h11-17,20,27-28,34,36-37H,18-19H2,1-10H3,(H,38,39)/t27-,28?/m0/s1. The van der Waals surface area contributed by atoms with Gasteiger partial charge < -0.3 is 39.4 Å². The van der Waals surface area contributed by atoms with Crippen molar-refractivity contribution >= 4 is 32.1 Å². The second kappa shape index (κ2) is 13.2. The van der Waals surface area contributed by atoms with Gasteiger partial charge in [0, 0.05) is 11.1 Å². The number of anilines is 1. The second-order valence-electron chi connectivity index (χ2n) is 13.9. The minimum Gasteiger partial charge on any atom is -0.506 e. The third-order valence-electron chi connectivity index (χ3n) is 7.66. The molecule has 0 saturated carbocycles. The van der Waals surface area contributed by atoms with Crippen LogP contribution >= 0.6 is 0 Å². The highest BCUT2D eigenvalue weighted by molar-refractivity contribution is 6.74. The van der Waals surface area contributed by atoms with Crippen molar-refractivity contribution in [2.75, 3.05) is 11.9 Å². The molecule has 1 aliphatic rings. The van der Waals surface area contributed by atoms with E-state index in [2.05, 4.69) is 39.2 Å². The molecule has 1 amide bonds. The molecule has 11 heteroatoms. The number of ether oxygens (including phenoxy) is 2. The van der Waals surface area contributed by atoms with E-state index >= 15 is 0 Å². The normalized spacial score (nSPS) is 15.8. The first-order chi connectivity index (χ1) is 20.2. The number of fused-ring (bicyclic) bond motifs is 1. The zero-order valence-electron chi connectivity index (χ0n) is 27.5. The summed E-state index contributed by atoms with van der Waals surface area (Å²) in [6.45, 7) is 19.8. The molecule has 1 unspecified atom stereocenters. The summed E-state index contributed by atoms with van der Waals surface area (Å²) in [6.07, 6.45) is 0.906. The molecule has 1 heterocycles. The highest BCUT2D eigenvalue weighted by Gasteiger charge is 2.41. The summed E-state index contributed by atoms with van der Waals surface area (Å²) in [5, 5.41) is 33.1. The summed E-state index contributed by atoms with van der Waals surface area (Å²) in [5.41, 5.74) is 1.66. The molecule has 44 heavy (non-hydrogen) atoms.